The summed E-state index contributed by atoms with van der Waals surface area (Å²) < 4.78 is 0. The highest BCUT2D eigenvalue weighted by molar-refractivity contribution is 6.51. The summed E-state index contributed by atoms with van der Waals surface area (Å²) in [5, 5.41) is 8.92. The summed E-state index contributed by atoms with van der Waals surface area (Å²) >= 11 is 0. The van der Waals surface area contributed by atoms with E-state index in [-0.39, 0.29) is 11.7 Å². The van der Waals surface area contributed by atoms with Crippen LogP contribution in [0.5, 0.6) is 0 Å². The molecular weight excluding hydrogens is 239 g/mol. The van der Waals surface area contributed by atoms with Crippen LogP contribution in [0.2, 0.25) is 6.82 Å². The average Bonchev–Trinajstić information content (AvgIpc) is 2.36. The first kappa shape index (κ1) is 15.5. The Balaban J connectivity index is 2.87. The average molecular weight is 260 g/mol. The predicted octanol–water partition coefficient (Wildman–Crippen LogP) is 1.58. The maximum Gasteiger partial charge on any atom is 0.306 e. The molecule has 0 bridgehead atoms. The summed E-state index contributed by atoms with van der Waals surface area (Å²) in [6.45, 7) is 5.39. The summed E-state index contributed by atoms with van der Waals surface area (Å²) in [6, 6.07) is 6.15. The number of carbonyl (C=O) groups is 2. The quantitative estimate of drug-likeness (QED) is 0.757. The van der Waals surface area contributed by atoms with Crippen LogP contribution in [0.1, 0.15) is 31.4 Å². The molecule has 102 valence electrons. The molecule has 1 aromatic carbocycles. The third kappa shape index (κ3) is 4.89. The van der Waals surface area contributed by atoms with Crippen LogP contribution in [-0.4, -0.2) is 24.1 Å². The molecule has 0 fully saturated rings. The van der Waals surface area contributed by atoms with E-state index in [4.69, 9.17) is 5.11 Å². The highest BCUT2D eigenvalue weighted by atomic mass is 16.4. The number of aliphatic carboxylic acids is 1. The van der Waals surface area contributed by atoms with Gasteiger partial charge in [-0.2, -0.15) is 0 Å². The molecule has 1 aromatic rings. The molecule has 0 aliphatic rings. The summed E-state index contributed by atoms with van der Waals surface area (Å²) in [4.78, 5) is 22.1. The van der Waals surface area contributed by atoms with Crippen molar-refractivity contribution in [2.75, 3.05) is 0 Å². The molecule has 0 amide bonds. The smallest absolute Gasteiger partial charge is 0.306 e. The van der Waals surface area contributed by atoms with Crippen LogP contribution in [0.25, 0.3) is 0 Å². The van der Waals surface area contributed by atoms with Crippen molar-refractivity contribution < 1.29 is 14.7 Å². The lowest BCUT2D eigenvalue weighted by atomic mass is 9.72. The van der Waals surface area contributed by atoms with Gasteiger partial charge in [-0.05, 0) is 30.9 Å². The molecular formula is C15H21BO3. The lowest BCUT2D eigenvalue weighted by Crippen LogP contribution is -2.15. The van der Waals surface area contributed by atoms with Gasteiger partial charge in [-0.3, -0.25) is 9.59 Å². The first-order chi connectivity index (χ1) is 8.93. The van der Waals surface area contributed by atoms with Crippen molar-refractivity contribution in [3.63, 3.8) is 0 Å². The van der Waals surface area contributed by atoms with Crippen molar-refractivity contribution in [3.8, 4) is 0 Å². The minimum atomic E-state index is -0.764. The number of carboxylic acid groups (broad SMARTS) is 1. The first-order valence-electron chi connectivity index (χ1n) is 6.77. The highest BCUT2D eigenvalue weighted by Crippen LogP contribution is 2.15. The Morgan fingerprint density at radius 2 is 2.00 bits per heavy atom. The topological polar surface area (TPSA) is 54.4 Å². The zero-order valence-corrected chi connectivity index (χ0v) is 11.9. The summed E-state index contributed by atoms with van der Waals surface area (Å²) in [6.07, 6.45) is 1.75. The van der Waals surface area contributed by atoms with Crippen molar-refractivity contribution in [1.82, 2.24) is 0 Å². The Kier molecular flexibility index (Phi) is 5.80. The van der Waals surface area contributed by atoms with Crippen LogP contribution >= 0.6 is 0 Å². The Morgan fingerprint density at radius 3 is 2.53 bits per heavy atom. The molecule has 0 spiro atoms. The second kappa shape index (κ2) is 7.12. The maximum absolute atomic E-state index is 11.3. The second-order valence-corrected chi connectivity index (χ2v) is 5.11. The van der Waals surface area contributed by atoms with E-state index in [2.05, 4.69) is 12.9 Å². The molecule has 4 heteroatoms. The molecule has 1 unspecified atom stereocenters. The number of rotatable bonds is 7. The Morgan fingerprint density at radius 1 is 1.32 bits per heavy atom. The van der Waals surface area contributed by atoms with Crippen LogP contribution < -0.4 is 5.46 Å². The third-order valence-electron chi connectivity index (χ3n) is 3.39. The van der Waals surface area contributed by atoms with Crippen molar-refractivity contribution in [1.29, 1.82) is 0 Å². The van der Waals surface area contributed by atoms with Crippen LogP contribution in [0, 0.1) is 5.92 Å². The normalized spacial score (nSPS) is 11.9. The van der Waals surface area contributed by atoms with Gasteiger partial charge in [0, 0.05) is 6.42 Å². The minimum absolute atomic E-state index is 0.136. The fourth-order valence-corrected chi connectivity index (χ4v) is 2.07. The molecule has 0 aliphatic carbocycles. The summed E-state index contributed by atoms with van der Waals surface area (Å²) in [5.41, 5.74) is 3.37. The van der Waals surface area contributed by atoms with E-state index in [0.29, 0.717) is 19.3 Å². The lowest BCUT2D eigenvalue weighted by Gasteiger charge is -2.12. The van der Waals surface area contributed by atoms with Gasteiger partial charge in [-0.25, -0.2) is 0 Å². The van der Waals surface area contributed by atoms with Crippen LogP contribution in [0.4, 0.5) is 0 Å². The third-order valence-corrected chi connectivity index (χ3v) is 3.39. The summed E-state index contributed by atoms with van der Waals surface area (Å²) in [5.74, 6) is -0.980. The van der Waals surface area contributed by atoms with E-state index >= 15 is 0 Å². The van der Waals surface area contributed by atoms with E-state index in [0.717, 1.165) is 18.4 Å². The van der Waals surface area contributed by atoms with Crippen LogP contribution in [0.15, 0.2) is 18.2 Å². The molecule has 19 heavy (non-hydrogen) atoms. The number of benzene rings is 1. The second-order valence-electron chi connectivity index (χ2n) is 5.11. The van der Waals surface area contributed by atoms with E-state index in [1.54, 1.807) is 13.8 Å². The van der Waals surface area contributed by atoms with Gasteiger partial charge in [0.25, 0.3) is 0 Å². The number of aryl methyl sites for hydroxylation is 1. The summed E-state index contributed by atoms with van der Waals surface area (Å²) in [7, 11) is 0.946. The minimum Gasteiger partial charge on any atom is -0.481 e. The van der Waals surface area contributed by atoms with E-state index < -0.39 is 5.97 Å². The number of carboxylic acids is 1. The molecule has 1 N–H and O–H groups in total. The molecule has 1 atom stereocenters. The van der Waals surface area contributed by atoms with Crippen LogP contribution in [-0.2, 0) is 22.4 Å². The zero-order valence-electron chi connectivity index (χ0n) is 11.9. The molecule has 0 aromatic heterocycles. The SMILES string of the molecule is CBc1ccc(CC(C)=O)c(CCC(C)C(=O)O)c1. The molecule has 0 aliphatic heterocycles. The first-order valence-corrected chi connectivity index (χ1v) is 6.77. The monoisotopic (exact) mass is 260 g/mol. The molecule has 3 nitrogen and oxygen atoms in total. The Labute approximate surface area is 115 Å². The van der Waals surface area contributed by atoms with Crippen molar-refractivity contribution in [2.24, 2.45) is 5.92 Å². The van der Waals surface area contributed by atoms with E-state index in [9.17, 15) is 9.59 Å². The van der Waals surface area contributed by atoms with Gasteiger partial charge in [0.05, 0.1) is 5.92 Å². The fraction of sp³-hybridized carbons (Fsp3) is 0.467. The van der Waals surface area contributed by atoms with Gasteiger partial charge in [-0.1, -0.05) is 37.4 Å². The molecule has 0 saturated carbocycles. The predicted molar refractivity (Wildman–Crippen MR) is 78.6 cm³/mol. The van der Waals surface area contributed by atoms with Gasteiger partial charge in [0.15, 0.2) is 7.28 Å². The largest absolute Gasteiger partial charge is 0.481 e. The number of carbonyl (C=O) groups excluding carboxylic acids is 1. The van der Waals surface area contributed by atoms with Gasteiger partial charge in [-0.15, -0.1) is 0 Å². The Bertz CT molecular complexity index is 468. The number of hydrogen-bond acceptors (Lipinski definition) is 2. The van der Waals surface area contributed by atoms with Gasteiger partial charge in [0.2, 0.25) is 0 Å². The molecule has 0 heterocycles. The van der Waals surface area contributed by atoms with E-state index in [1.165, 1.54) is 5.46 Å². The van der Waals surface area contributed by atoms with Crippen LogP contribution in [0.3, 0.4) is 0 Å². The number of hydrogen-bond donors (Lipinski definition) is 1. The molecule has 1 rings (SSSR count). The van der Waals surface area contributed by atoms with Gasteiger partial charge < -0.3 is 5.11 Å². The van der Waals surface area contributed by atoms with Crippen molar-refractivity contribution in [2.45, 2.75) is 39.9 Å². The van der Waals surface area contributed by atoms with Crippen molar-refractivity contribution in [3.05, 3.63) is 29.3 Å². The standard InChI is InChI=1S/C15H21BO3/c1-10(15(18)19)4-5-13-9-14(16-3)7-6-12(13)8-11(2)17/h6-7,9-10,16H,4-5,8H2,1-3H3,(H,18,19). The number of ketones is 1. The van der Waals surface area contributed by atoms with E-state index in [1.807, 2.05) is 12.1 Å². The van der Waals surface area contributed by atoms with Gasteiger partial charge >= 0.3 is 5.97 Å². The number of Topliss-reactive ketones (excluding diaryl/α,β-unsaturated/α-hetero) is 1. The van der Waals surface area contributed by atoms with Crippen molar-refractivity contribution >= 4 is 24.5 Å². The van der Waals surface area contributed by atoms with Gasteiger partial charge in [0.1, 0.15) is 5.78 Å². The molecule has 0 saturated heterocycles. The maximum atomic E-state index is 11.3. The fourth-order valence-electron chi connectivity index (χ4n) is 2.07. The molecule has 0 radical (unpaired) electrons. The lowest BCUT2D eigenvalue weighted by molar-refractivity contribution is -0.141. The highest BCUT2D eigenvalue weighted by Gasteiger charge is 2.13. The zero-order chi connectivity index (χ0) is 14.4. The Hall–Kier alpha value is -1.58.